The summed E-state index contributed by atoms with van der Waals surface area (Å²) in [7, 11) is 0. The van der Waals surface area contributed by atoms with Crippen LogP contribution in [0.1, 0.15) is 47.6 Å². The number of hydrogen-bond acceptors (Lipinski definition) is 6. The number of rotatable bonds is 5. The van der Waals surface area contributed by atoms with Crippen LogP contribution in [-0.4, -0.2) is 43.9 Å². The molecule has 0 spiro atoms. The van der Waals surface area contributed by atoms with Crippen molar-refractivity contribution < 1.29 is 18.7 Å². The molecule has 0 atom stereocenters. The molecule has 8 nitrogen and oxygen atoms in total. The van der Waals surface area contributed by atoms with Crippen LogP contribution in [0.4, 0.5) is 14.6 Å². The van der Waals surface area contributed by atoms with Crippen molar-refractivity contribution in [2.45, 2.75) is 38.1 Å². The second-order valence-corrected chi connectivity index (χ2v) is 9.80. The highest BCUT2D eigenvalue weighted by atomic mass is 19.1. The van der Waals surface area contributed by atoms with Crippen molar-refractivity contribution in [2.75, 3.05) is 18.4 Å². The Morgan fingerprint density at radius 2 is 1.92 bits per heavy atom. The second kappa shape index (κ2) is 9.42. The van der Waals surface area contributed by atoms with Gasteiger partial charge in [0, 0.05) is 47.6 Å². The zero-order valence-electron chi connectivity index (χ0n) is 20.0. The molecule has 0 unspecified atom stereocenters. The Kier molecular flexibility index (Phi) is 5.94. The van der Waals surface area contributed by atoms with E-state index in [2.05, 4.69) is 26.8 Å². The molecule has 1 aliphatic carbocycles. The number of aromatic nitrogens is 4. The van der Waals surface area contributed by atoms with E-state index >= 15 is 0 Å². The zero-order valence-corrected chi connectivity index (χ0v) is 20.0. The normalized spacial score (nSPS) is 19.0. The Hall–Kier alpha value is -4.08. The fourth-order valence-corrected chi connectivity index (χ4v) is 5.21. The molecule has 1 fully saturated rings. The van der Waals surface area contributed by atoms with Crippen molar-refractivity contribution >= 4 is 22.6 Å². The Balaban J connectivity index is 1.07. The average Bonchev–Trinajstić information content (AvgIpc) is 3.56. The summed E-state index contributed by atoms with van der Waals surface area (Å²) in [5.41, 5.74) is 2.83. The number of carbonyl (C=O) groups is 1. The van der Waals surface area contributed by atoms with Crippen molar-refractivity contribution in [2.24, 2.45) is 5.92 Å². The minimum Gasteiger partial charge on any atom is -0.503 e. The predicted molar refractivity (Wildman–Crippen MR) is 134 cm³/mol. The van der Waals surface area contributed by atoms with Crippen molar-refractivity contribution in [3.63, 3.8) is 0 Å². The quantitative estimate of drug-likeness (QED) is 0.367. The van der Waals surface area contributed by atoms with Gasteiger partial charge in [0.1, 0.15) is 5.82 Å². The SMILES string of the molecule is O=C(NCC1CCC(n2cc3ccc(-c4ncc5c(n4)NCC5)cc3n2)CC1)c1cc(F)c(O)c(F)c1. The van der Waals surface area contributed by atoms with Gasteiger partial charge in [0.2, 0.25) is 0 Å². The molecule has 1 amide bonds. The average molecular weight is 505 g/mol. The summed E-state index contributed by atoms with van der Waals surface area (Å²) in [5.74, 6) is -2.07. The van der Waals surface area contributed by atoms with Gasteiger partial charge in [0.25, 0.3) is 5.91 Å². The first-order chi connectivity index (χ1) is 17.9. The van der Waals surface area contributed by atoms with Crippen LogP contribution in [-0.2, 0) is 6.42 Å². The third-order valence-corrected chi connectivity index (χ3v) is 7.36. The van der Waals surface area contributed by atoms with E-state index < -0.39 is 23.3 Å². The Labute approximate surface area is 211 Å². The number of nitrogens with zero attached hydrogens (tertiary/aromatic N) is 4. The highest BCUT2D eigenvalue weighted by molar-refractivity contribution is 5.94. The smallest absolute Gasteiger partial charge is 0.251 e. The first-order valence-electron chi connectivity index (χ1n) is 12.5. The summed E-state index contributed by atoms with van der Waals surface area (Å²) in [5, 5.41) is 21.2. The zero-order chi connectivity index (χ0) is 25.5. The molecule has 0 radical (unpaired) electrons. The summed E-state index contributed by atoms with van der Waals surface area (Å²) in [6.45, 7) is 1.32. The number of phenolic OH excluding ortho intramolecular Hbond substituents is 1. The maximum Gasteiger partial charge on any atom is 0.251 e. The maximum atomic E-state index is 13.5. The van der Waals surface area contributed by atoms with Gasteiger partial charge in [0.05, 0.1) is 11.6 Å². The number of anilines is 1. The van der Waals surface area contributed by atoms with Gasteiger partial charge < -0.3 is 15.7 Å². The van der Waals surface area contributed by atoms with E-state index in [0.717, 1.165) is 78.6 Å². The molecule has 2 aromatic carbocycles. The molecular formula is C27H26F2N6O2. The lowest BCUT2D eigenvalue weighted by Gasteiger charge is -2.28. The van der Waals surface area contributed by atoms with E-state index in [-0.39, 0.29) is 17.5 Å². The summed E-state index contributed by atoms with van der Waals surface area (Å²) < 4.78 is 29.1. The van der Waals surface area contributed by atoms with Gasteiger partial charge >= 0.3 is 0 Å². The van der Waals surface area contributed by atoms with Gasteiger partial charge in [-0.1, -0.05) is 12.1 Å². The largest absolute Gasteiger partial charge is 0.503 e. The van der Waals surface area contributed by atoms with Gasteiger partial charge in [-0.3, -0.25) is 9.48 Å². The first kappa shape index (κ1) is 23.3. The lowest BCUT2D eigenvalue weighted by atomic mass is 9.86. The lowest BCUT2D eigenvalue weighted by Crippen LogP contribution is -2.31. The van der Waals surface area contributed by atoms with E-state index in [1.807, 2.05) is 29.1 Å². The van der Waals surface area contributed by atoms with Crippen LogP contribution < -0.4 is 10.6 Å². The van der Waals surface area contributed by atoms with E-state index in [0.29, 0.717) is 12.4 Å². The van der Waals surface area contributed by atoms with Crippen LogP contribution >= 0.6 is 0 Å². The standard InChI is InChI=1S/C27H26F2N6O2/c28-21-9-19(10-22(29)24(21)36)27(37)32-12-15-1-5-20(6-2-15)35-14-18-4-3-16(11-23(18)34-35)25-31-13-17-7-8-30-26(17)33-25/h3-4,9-11,13-15,20,36H,1-2,5-8,12H2,(H,32,37)(H,30,31,33). The number of hydrogen-bond donors (Lipinski definition) is 3. The molecular weight excluding hydrogens is 478 g/mol. The van der Waals surface area contributed by atoms with Crippen molar-refractivity contribution in [1.29, 1.82) is 0 Å². The third-order valence-electron chi connectivity index (χ3n) is 7.36. The van der Waals surface area contributed by atoms with Gasteiger partial charge in [-0.2, -0.15) is 5.10 Å². The van der Waals surface area contributed by atoms with Crippen molar-refractivity contribution in [1.82, 2.24) is 25.1 Å². The summed E-state index contributed by atoms with van der Waals surface area (Å²) in [4.78, 5) is 21.5. The Morgan fingerprint density at radius 1 is 1.14 bits per heavy atom. The molecule has 3 heterocycles. The number of fused-ring (bicyclic) bond motifs is 2. The lowest BCUT2D eigenvalue weighted by molar-refractivity contribution is 0.0940. The van der Waals surface area contributed by atoms with E-state index in [1.165, 1.54) is 0 Å². The number of nitrogens with one attached hydrogen (secondary N) is 2. The molecule has 6 rings (SSSR count). The molecule has 1 aliphatic heterocycles. The fourth-order valence-electron chi connectivity index (χ4n) is 5.21. The molecule has 190 valence electrons. The number of phenols is 1. The Bertz CT molecular complexity index is 1470. The maximum absolute atomic E-state index is 13.5. The Morgan fingerprint density at radius 3 is 2.70 bits per heavy atom. The topological polar surface area (TPSA) is 105 Å². The number of aromatic hydroxyl groups is 1. The van der Waals surface area contributed by atoms with Crippen LogP contribution in [0.3, 0.4) is 0 Å². The highest BCUT2D eigenvalue weighted by Crippen LogP contribution is 2.33. The number of halogens is 2. The van der Waals surface area contributed by atoms with Crippen LogP contribution in [0.5, 0.6) is 5.75 Å². The number of amides is 1. The van der Waals surface area contributed by atoms with Crippen molar-refractivity contribution in [3.05, 3.63) is 65.5 Å². The first-order valence-corrected chi connectivity index (χ1v) is 12.5. The molecule has 3 N–H and O–H groups in total. The second-order valence-electron chi connectivity index (χ2n) is 9.80. The van der Waals surface area contributed by atoms with Crippen LogP contribution in [0.25, 0.3) is 22.3 Å². The number of benzene rings is 2. The van der Waals surface area contributed by atoms with Crippen LogP contribution in [0.15, 0.2) is 42.7 Å². The van der Waals surface area contributed by atoms with E-state index in [1.54, 1.807) is 0 Å². The molecule has 0 bridgehead atoms. The van der Waals surface area contributed by atoms with Gasteiger partial charge in [-0.05, 0) is 56.2 Å². The molecule has 2 aromatic heterocycles. The summed E-state index contributed by atoms with van der Waals surface area (Å²) in [6.07, 6.45) is 8.56. The van der Waals surface area contributed by atoms with Gasteiger partial charge in [-0.25, -0.2) is 18.7 Å². The minimum atomic E-state index is -1.15. The van der Waals surface area contributed by atoms with Gasteiger partial charge in [-0.15, -0.1) is 0 Å². The summed E-state index contributed by atoms with van der Waals surface area (Å²) in [6, 6.07) is 8.05. The monoisotopic (exact) mass is 504 g/mol. The van der Waals surface area contributed by atoms with E-state index in [4.69, 9.17) is 5.10 Å². The summed E-state index contributed by atoms with van der Waals surface area (Å²) >= 11 is 0. The number of carbonyl (C=O) groups excluding carboxylic acids is 1. The minimum absolute atomic E-state index is 0.148. The third kappa shape index (κ3) is 4.59. The molecule has 1 saturated carbocycles. The molecule has 2 aliphatic rings. The fraction of sp³-hybridized carbons (Fsp3) is 0.333. The van der Waals surface area contributed by atoms with Gasteiger partial charge in [0.15, 0.2) is 23.2 Å². The molecule has 10 heteroatoms. The van der Waals surface area contributed by atoms with Crippen molar-refractivity contribution in [3.8, 4) is 17.1 Å². The van der Waals surface area contributed by atoms with E-state index in [9.17, 15) is 18.7 Å². The highest BCUT2D eigenvalue weighted by Gasteiger charge is 2.24. The van der Waals surface area contributed by atoms with Crippen LogP contribution in [0.2, 0.25) is 0 Å². The molecule has 4 aromatic rings. The molecule has 37 heavy (non-hydrogen) atoms. The van der Waals surface area contributed by atoms with Crippen LogP contribution in [0, 0.1) is 17.6 Å². The molecule has 0 saturated heterocycles. The predicted octanol–water partition coefficient (Wildman–Crippen LogP) is 4.61.